The van der Waals surface area contributed by atoms with Gasteiger partial charge in [-0.1, -0.05) is 49.4 Å². The van der Waals surface area contributed by atoms with Crippen molar-refractivity contribution < 1.29 is 18.0 Å². The lowest BCUT2D eigenvalue weighted by atomic mass is 10.1. The van der Waals surface area contributed by atoms with E-state index in [9.17, 15) is 18.0 Å². The molecule has 2 N–H and O–H groups in total. The van der Waals surface area contributed by atoms with Gasteiger partial charge < -0.3 is 10.6 Å². The fourth-order valence-corrected chi connectivity index (χ4v) is 5.70. The molecule has 0 aromatic heterocycles. The predicted molar refractivity (Wildman–Crippen MR) is 144 cm³/mol. The third kappa shape index (κ3) is 6.62. The first kappa shape index (κ1) is 26.5. The van der Waals surface area contributed by atoms with E-state index in [-0.39, 0.29) is 11.8 Å². The molecule has 3 aromatic rings. The largest absolute Gasteiger partial charge is 0.352 e. The number of rotatable bonds is 9. The van der Waals surface area contributed by atoms with Crippen LogP contribution in [-0.2, 0) is 16.6 Å². The lowest BCUT2D eigenvalue weighted by molar-refractivity contribution is 0.0954. The topological polar surface area (TPSA) is 98.8 Å². The van der Waals surface area contributed by atoms with Gasteiger partial charge in [-0.05, 0) is 48.4 Å². The second-order valence-electron chi connectivity index (χ2n) is 8.95. The number of benzene rings is 3. The number of sulfonamides is 1. The molecule has 2 amide bonds. The highest BCUT2D eigenvalue weighted by Crippen LogP contribution is 2.20. The Morgan fingerprint density at radius 1 is 0.838 bits per heavy atom. The molecule has 0 atom stereocenters. The molecule has 194 valence electrons. The third-order valence-corrected chi connectivity index (χ3v) is 8.18. The van der Waals surface area contributed by atoms with Crippen molar-refractivity contribution in [2.24, 2.45) is 0 Å². The summed E-state index contributed by atoms with van der Waals surface area (Å²) in [6, 6.07) is 22.8. The van der Waals surface area contributed by atoms with Crippen LogP contribution in [0.2, 0.25) is 0 Å². The number of hydrogen-bond acceptors (Lipinski definition) is 5. The number of piperazine rings is 1. The number of nitrogens with one attached hydrogen (secondary N) is 2. The molecule has 8 nitrogen and oxygen atoms in total. The van der Waals surface area contributed by atoms with Crippen LogP contribution in [0.25, 0.3) is 0 Å². The van der Waals surface area contributed by atoms with Gasteiger partial charge in [0.05, 0.1) is 16.1 Å². The lowest BCUT2D eigenvalue weighted by Gasteiger charge is -2.34. The van der Waals surface area contributed by atoms with Crippen molar-refractivity contribution >= 4 is 27.5 Å². The van der Waals surface area contributed by atoms with Crippen LogP contribution in [0.1, 0.15) is 39.6 Å². The van der Waals surface area contributed by atoms with E-state index in [1.54, 1.807) is 60.7 Å². The number of nitrogens with zero attached hydrogens (tertiary/aromatic N) is 2. The molecule has 1 saturated heterocycles. The highest BCUT2D eigenvalue weighted by molar-refractivity contribution is 7.89. The number of anilines is 1. The maximum Gasteiger partial charge on any atom is 0.255 e. The minimum Gasteiger partial charge on any atom is -0.352 e. The molecule has 4 rings (SSSR count). The summed E-state index contributed by atoms with van der Waals surface area (Å²) in [7, 11) is -3.50. The maximum absolute atomic E-state index is 13.0. The molecule has 37 heavy (non-hydrogen) atoms. The zero-order valence-electron chi connectivity index (χ0n) is 20.9. The summed E-state index contributed by atoms with van der Waals surface area (Å²) in [5.41, 5.74) is 2.33. The van der Waals surface area contributed by atoms with Crippen LogP contribution in [0.5, 0.6) is 0 Å². The average molecular weight is 521 g/mol. The molecule has 1 fully saturated rings. The van der Waals surface area contributed by atoms with Gasteiger partial charge in [0, 0.05) is 44.8 Å². The number of para-hydroxylation sites is 1. The average Bonchev–Trinajstić information content (AvgIpc) is 2.93. The van der Waals surface area contributed by atoms with Gasteiger partial charge in [-0.2, -0.15) is 4.31 Å². The molecule has 0 bridgehead atoms. The summed E-state index contributed by atoms with van der Waals surface area (Å²) in [4.78, 5) is 28.0. The van der Waals surface area contributed by atoms with Gasteiger partial charge in [0.1, 0.15) is 0 Å². The Morgan fingerprint density at radius 3 is 2.27 bits per heavy atom. The van der Waals surface area contributed by atoms with Crippen LogP contribution in [0, 0.1) is 0 Å². The zero-order valence-corrected chi connectivity index (χ0v) is 21.7. The number of carbonyl (C=O) groups excluding carboxylic acids is 2. The molecule has 0 radical (unpaired) electrons. The molecule has 0 aliphatic carbocycles. The van der Waals surface area contributed by atoms with Crippen molar-refractivity contribution in [2.45, 2.75) is 24.8 Å². The maximum atomic E-state index is 13.0. The molecule has 0 spiro atoms. The van der Waals surface area contributed by atoms with E-state index in [1.807, 2.05) is 25.1 Å². The molecule has 1 aliphatic heterocycles. The van der Waals surface area contributed by atoms with Crippen LogP contribution >= 0.6 is 0 Å². The van der Waals surface area contributed by atoms with E-state index < -0.39 is 10.0 Å². The first-order valence-electron chi connectivity index (χ1n) is 12.4. The molecule has 3 aromatic carbocycles. The highest BCUT2D eigenvalue weighted by atomic mass is 32.2. The van der Waals surface area contributed by atoms with Gasteiger partial charge in [-0.3, -0.25) is 14.5 Å². The molecule has 0 saturated carbocycles. The molecule has 1 aliphatic rings. The van der Waals surface area contributed by atoms with E-state index in [2.05, 4.69) is 15.5 Å². The SMILES string of the molecule is CCCNC(=O)c1ccccc1NC(=O)c1cccc(CN2CCN(S(=O)(=O)c3ccccc3)CC2)c1. The summed E-state index contributed by atoms with van der Waals surface area (Å²) in [6.45, 7) is 5.17. The number of amides is 2. The Morgan fingerprint density at radius 2 is 1.54 bits per heavy atom. The zero-order chi connectivity index (χ0) is 26.3. The standard InChI is InChI=1S/C28H32N4O4S/c1-2-15-29-28(34)25-13-6-7-14-26(25)30-27(33)23-10-8-9-22(20-23)21-31-16-18-32(19-17-31)37(35,36)24-11-4-3-5-12-24/h3-14,20H,2,15-19,21H2,1H3,(H,29,34)(H,30,33). The first-order valence-corrected chi connectivity index (χ1v) is 13.9. The van der Waals surface area contributed by atoms with Crippen molar-refractivity contribution in [1.82, 2.24) is 14.5 Å². The van der Waals surface area contributed by atoms with Crippen molar-refractivity contribution in [3.8, 4) is 0 Å². The highest BCUT2D eigenvalue weighted by Gasteiger charge is 2.28. The second-order valence-corrected chi connectivity index (χ2v) is 10.9. The van der Waals surface area contributed by atoms with Crippen LogP contribution in [0.3, 0.4) is 0 Å². The van der Waals surface area contributed by atoms with E-state index in [0.29, 0.717) is 61.0 Å². The summed E-state index contributed by atoms with van der Waals surface area (Å²) >= 11 is 0. The summed E-state index contributed by atoms with van der Waals surface area (Å²) < 4.78 is 27.3. The van der Waals surface area contributed by atoms with Gasteiger partial charge in [0.25, 0.3) is 11.8 Å². The number of hydrogen-bond donors (Lipinski definition) is 2. The Balaban J connectivity index is 1.37. The van der Waals surface area contributed by atoms with Crippen LogP contribution in [0.4, 0.5) is 5.69 Å². The summed E-state index contributed by atoms with van der Waals surface area (Å²) in [5, 5.41) is 5.71. The molecule has 9 heteroatoms. The summed E-state index contributed by atoms with van der Waals surface area (Å²) in [5.74, 6) is -0.517. The van der Waals surface area contributed by atoms with Crippen LogP contribution in [0.15, 0.2) is 83.8 Å². The molecule has 1 heterocycles. The smallest absolute Gasteiger partial charge is 0.255 e. The minimum atomic E-state index is -3.50. The Kier molecular flexibility index (Phi) is 8.70. The normalized spacial score (nSPS) is 14.7. The predicted octanol–water partition coefficient (Wildman–Crippen LogP) is 3.59. The minimum absolute atomic E-state index is 0.222. The monoisotopic (exact) mass is 520 g/mol. The van der Waals surface area contributed by atoms with Crippen molar-refractivity contribution in [3.63, 3.8) is 0 Å². The van der Waals surface area contributed by atoms with E-state index in [1.165, 1.54) is 4.31 Å². The van der Waals surface area contributed by atoms with Gasteiger partial charge in [0.2, 0.25) is 10.0 Å². The van der Waals surface area contributed by atoms with Crippen molar-refractivity contribution in [2.75, 3.05) is 38.0 Å². The third-order valence-electron chi connectivity index (χ3n) is 6.26. The van der Waals surface area contributed by atoms with Crippen molar-refractivity contribution in [3.05, 3.63) is 95.6 Å². The van der Waals surface area contributed by atoms with Gasteiger partial charge in [-0.15, -0.1) is 0 Å². The Bertz CT molecular complexity index is 1340. The fourth-order valence-electron chi connectivity index (χ4n) is 4.26. The molecule has 0 unspecified atom stereocenters. The Labute approximate surface area is 218 Å². The lowest BCUT2D eigenvalue weighted by Crippen LogP contribution is -2.48. The van der Waals surface area contributed by atoms with Crippen molar-refractivity contribution in [1.29, 1.82) is 0 Å². The first-order chi connectivity index (χ1) is 17.9. The number of carbonyl (C=O) groups is 2. The van der Waals surface area contributed by atoms with Gasteiger partial charge in [-0.25, -0.2) is 8.42 Å². The van der Waals surface area contributed by atoms with E-state index in [0.717, 1.165) is 12.0 Å². The molecular weight excluding hydrogens is 488 g/mol. The Hall–Kier alpha value is -3.53. The van der Waals surface area contributed by atoms with Crippen LogP contribution < -0.4 is 10.6 Å². The van der Waals surface area contributed by atoms with Gasteiger partial charge >= 0.3 is 0 Å². The van der Waals surface area contributed by atoms with E-state index in [4.69, 9.17) is 0 Å². The molecular formula is C28H32N4O4S. The van der Waals surface area contributed by atoms with Crippen LogP contribution in [-0.4, -0.2) is 62.2 Å². The summed E-state index contributed by atoms with van der Waals surface area (Å²) in [6.07, 6.45) is 0.824. The second kappa shape index (κ2) is 12.1. The van der Waals surface area contributed by atoms with E-state index >= 15 is 0 Å². The quantitative estimate of drug-likeness (QED) is 0.449. The fraction of sp³-hybridized carbons (Fsp3) is 0.286. The van der Waals surface area contributed by atoms with Gasteiger partial charge in [0.15, 0.2) is 0 Å².